The highest BCUT2D eigenvalue weighted by Crippen LogP contribution is 2.30. The lowest BCUT2D eigenvalue weighted by Gasteiger charge is -2.11. The molecule has 0 unspecified atom stereocenters. The Kier molecular flexibility index (Phi) is 9.23. The molecule has 11 heteroatoms. The van der Waals surface area contributed by atoms with Crippen LogP contribution in [0.3, 0.4) is 0 Å². The van der Waals surface area contributed by atoms with E-state index in [-0.39, 0.29) is 11.7 Å². The molecule has 1 heterocycles. The largest absolute Gasteiger partial charge is 0.494 e. The fourth-order valence-corrected chi connectivity index (χ4v) is 4.46. The van der Waals surface area contributed by atoms with Crippen LogP contribution in [-0.4, -0.2) is 53.5 Å². The van der Waals surface area contributed by atoms with Gasteiger partial charge in [0.15, 0.2) is 22.5 Å². The molecule has 4 rings (SSSR count). The molecule has 3 aromatic carbocycles. The quantitative estimate of drug-likeness (QED) is 0.154. The lowest BCUT2D eigenvalue weighted by atomic mass is 10.2. The SMILES string of the molecule is CCOc1ccc(-n2c(SCC(=O)N/N=C\c3cccc(OC)c3OC)nnc2-c2ccc(Cl)cc2)cc1. The van der Waals surface area contributed by atoms with Crippen LogP contribution in [-0.2, 0) is 4.79 Å². The first-order chi connectivity index (χ1) is 18.5. The van der Waals surface area contributed by atoms with Crippen LogP contribution in [0.2, 0.25) is 5.02 Å². The molecule has 1 amide bonds. The summed E-state index contributed by atoms with van der Waals surface area (Å²) in [6.45, 7) is 2.51. The maximum atomic E-state index is 12.6. The lowest BCUT2D eigenvalue weighted by Crippen LogP contribution is -2.20. The molecule has 0 saturated heterocycles. The molecule has 0 aliphatic heterocycles. The van der Waals surface area contributed by atoms with Gasteiger partial charge in [-0.3, -0.25) is 9.36 Å². The van der Waals surface area contributed by atoms with Crippen molar-refractivity contribution >= 4 is 35.5 Å². The molecule has 0 radical (unpaired) electrons. The lowest BCUT2D eigenvalue weighted by molar-refractivity contribution is -0.118. The van der Waals surface area contributed by atoms with Crippen LogP contribution in [0.1, 0.15) is 12.5 Å². The van der Waals surface area contributed by atoms with E-state index in [0.29, 0.717) is 39.7 Å². The van der Waals surface area contributed by atoms with Gasteiger partial charge in [0.05, 0.1) is 32.8 Å². The summed E-state index contributed by atoms with van der Waals surface area (Å²) in [5, 5.41) is 14.0. The number of hydrogen-bond acceptors (Lipinski definition) is 8. The molecule has 0 aliphatic rings. The molecule has 0 bridgehead atoms. The van der Waals surface area contributed by atoms with E-state index < -0.39 is 0 Å². The summed E-state index contributed by atoms with van der Waals surface area (Å²) in [4.78, 5) is 12.6. The van der Waals surface area contributed by atoms with E-state index in [9.17, 15) is 4.79 Å². The monoisotopic (exact) mass is 551 g/mol. The van der Waals surface area contributed by atoms with Gasteiger partial charge in [-0.1, -0.05) is 29.4 Å². The second-order valence-corrected chi connectivity index (χ2v) is 9.12. The zero-order valence-electron chi connectivity index (χ0n) is 21.1. The summed E-state index contributed by atoms with van der Waals surface area (Å²) in [5.41, 5.74) is 4.87. The average molecular weight is 552 g/mol. The second-order valence-electron chi connectivity index (χ2n) is 7.74. The number of amides is 1. The van der Waals surface area contributed by atoms with E-state index in [4.69, 9.17) is 25.8 Å². The van der Waals surface area contributed by atoms with Crippen molar-refractivity contribution in [1.29, 1.82) is 0 Å². The fraction of sp³-hybridized carbons (Fsp3) is 0.185. The molecule has 0 fully saturated rings. The number of aromatic nitrogens is 3. The predicted molar refractivity (Wildman–Crippen MR) is 149 cm³/mol. The topological polar surface area (TPSA) is 99.9 Å². The van der Waals surface area contributed by atoms with Crippen molar-refractivity contribution in [2.75, 3.05) is 26.6 Å². The number of para-hydroxylation sites is 1. The zero-order valence-corrected chi connectivity index (χ0v) is 22.6. The molecule has 0 aliphatic carbocycles. The van der Waals surface area contributed by atoms with Crippen molar-refractivity contribution < 1.29 is 19.0 Å². The minimum Gasteiger partial charge on any atom is -0.494 e. The van der Waals surface area contributed by atoms with Gasteiger partial charge in [-0.15, -0.1) is 10.2 Å². The highest BCUT2D eigenvalue weighted by atomic mass is 35.5. The molecule has 1 aromatic heterocycles. The Balaban J connectivity index is 1.51. The first-order valence-electron chi connectivity index (χ1n) is 11.6. The summed E-state index contributed by atoms with van der Waals surface area (Å²) in [6, 6.07) is 20.3. The van der Waals surface area contributed by atoms with Gasteiger partial charge in [0.1, 0.15) is 5.75 Å². The summed E-state index contributed by atoms with van der Waals surface area (Å²) in [7, 11) is 3.10. The third-order valence-corrected chi connectivity index (χ3v) is 6.48. The molecule has 9 nitrogen and oxygen atoms in total. The normalized spacial score (nSPS) is 10.9. The van der Waals surface area contributed by atoms with Gasteiger partial charge in [0.25, 0.3) is 5.91 Å². The van der Waals surface area contributed by atoms with Crippen molar-refractivity contribution in [2.24, 2.45) is 5.10 Å². The van der Waals surface area contributed by atoms with Crippen LogP contribution in [0.5, 0.6) is 17.2 Å². The summed E-state index contributed by atoms with van der Waals surface area (Å²) >= 11 is 7.32. The Morgan fingerprint density at radius 2 is 1.82 bits per heavy atom. The Bertz CT molecular complexity index is 1410. The van der Waals surface area contributed by atoms with Crippen molar-refractivity contribution in [1.82, 2.24) is 20.2 Å². The van der Waals surface area contributed by atoms with Crippen LogP contribution >= 0.6 is 23.4 Å². The van der Waals surface area contributed by atoms with Crippen LogP contribution < -0.4 is 19.6 Å². The number of benzene rings is 3. The van der Waals surface area contributed by atoms with Crippen LogP contribution in [0, 0.1) is 0 Å². The number of halogens is 1. The Hall–Kier alpha value is -4.02. The van der Waals surface area contributed by atoms with Gasteiger partial charge in [-0.2, -0.15) is 5.10 Å². The molecule has 0 atom stereocenters. The smallest absolute Gasteiger partial charge is 0.250 e. The fourth-order valence-electron chi connectivity index (χ4n) is 3.59. The number of rotatable bonds is 11. The van der Waals surface area contributed by atoms with Crippen LogP contribution in [0.15, 0.2) is 77.0 Å². The molecule has 4 aromatic rings. The maximum Gasteiger partial charge on any atom is 0.250 e. The predicted octanol–water partition coefficient (Wildman–Crippen LogP) is 5.25. The van der Waals surface area contributed by atoms with Gasteiger partial charge in [0, 0.05) is 21.8 Å². The number of methoxy groups -OCH3 is 2. The molecule has 0 saturated carbocycles. The number of ether oxygens (including phenoxy) is 3. The Morgan fingerprint density at radius 3 is 2.50 bits per heavy atom. The van der Waals surface area contributed by atoms with Gasteiger partial charge >= 0.3 is 0 Å². The van der Waals surface area contributed by atoms with E-state index in [2.05, 4.69) is 20.7 Å². The number of hydrazone groups is 1. The van der Waals surface area contributed by atoms with Crippen molar-refractivity contribution in [3.63, 3.8) is 0 Å². The standard InChI is InChI=1S/C27H26ClN5O4S/c1-4-37-22-14-12-21(13-15-22)33-26(18-8-10-20(28)11-9-18)31-32-27(33)38-17-24(34)30-29-16-19-6-5-7-23(35-2)25(19)36-3/h5-16H,4,17H2,1-3H3,(H,30,34)/b29-16-. The summed E-state index contributed by atoms with van der Waals surface area (Å²) in [5.74, 6) is 2.25. The molecule has 1 N–H and O–H groups in total. The highest BCUT2D eigenvalue weighted by molar-refractivity contribution is 7.99. The molecule has 196 valence electrons. The first-order valence-corrected chi connectivity index (χ1v) is 13.0. The number of hydrogen-bond donors (Lipinski definition) is 1. The van der Waals surface area contributed by atoms with E-state index in [1.807, 2.05) is 60.0 Å². The minimum absolute atomic E-state index is 0.0718. The van der Waals surface area contributed by atoms with Crippen LogP contribution in [0.25, 0.3) is 17.1 Å². The van der Waals surface area contributed by atoms with E-state index in [0.717, 1.165) is 17.0 Å². The zero-order chi connectivity index (χ0) is 26.9. The van der Waals surface area contributed by atoms with Gasteiger partial charge < -0.3 is 14.2 Å². The molecular weight excluding hydrogens is 526 g/mol. The third-order valence-electron chi connectivity index (χ3n) is 5.30. The van der Waals surface area contributed by atoms with Gasteiger partial charge in [-0.25, -0.2) is 5.43 Å². The van der Waals surface area contributed by atoms with E-state index in [1.165, 1.54) is 18.0 Å². The number of carbonyl (C=O) groups excluding carboxylic acids is 1. The second kappa shape index (κ2) is 13.0. The van der Waals surface area contributed by atoms with Crippen molar-refractivity contribution in [3.8, 4) is 34.3 Å². The average Bonchev–Trinajstić information content (AvgIpc) is 3.36. The van der Waals surface area contributed by atoms with E-state index in [1.54, 1.807) is 32.4 Å². The van der Waals surface area contributed by atoms with Crippen molar-refractivity contribution in [3.05, 3.63) is 77.3 Å². The number of nitrogens with one attached hydrogen (secondary N) is 1. The van der Waals surface area contributed by atoms with Gasteiger partial charge in [-0.05, 0) is 67.6 Å². The third kappa shape index (κ3) is 6.45. The van der Waals surface area contributed by atoms with E-state index >= 15 is 0 Å². The Labute approximate surface area is 229 Å². The first kappa shape index (κ1) is 27.0. The molecular formula is C27H26ClN5O4S. The van der Waals surface area contributed by atoms with Gasteiger partial charge in [0.2, 0.25) is 0 Å². The number of nitrogens with zero attached hydrogens (tertiary/aromatic N) is 4. The summed E-state index contributed by atoms with van der Waals surface area (Å²) < 4.78 is 18.1. The number of thioether (sulfide) groups is 1. The number of carbonyl (C=O) groups is 1. The van der Waals surface area contributed by atoms with Crippen molar-refractivity contribution in [2.45, 2.75) is 12.1 Å². The van der Waals surface area contributed by atoms with Crippen LogP contribution in [0.4, 0.5) is 0 Å². The highest BCUT2D eigenvalue weighted by Gasteiger charge is 2.17. The maximum absolute atomic E-state index is 12.6. The summed E-state index contributed by atoms with van der Waals surface area (Å²) in [6.07, 6.45) is 1.50. The molecule has 0 spiro atoms. The molecule has 38 heavy (non-hydrogen) atoms. The minimum atomic E-state index is -0.303. The Morgan fingerprint density at radius 1 is 1.05 bits per heavy atom.